The molecule has 4 saturated carbocycles. The molecule has 0 amide bonds. The van der Waals surface area contributed by atoms with E-state index in [1.54, 1.807) is 6.92 Å². The van der Waals surface area contributed by atoms with Crippen LogP contribution in [0.4, 0.5) is 0 Å². The molecular weight excluding hydrogens is 733 g/mol. The number of ether oxygens (including phenoxy) is 3. The Morgan fingerprint density at radius 2 is 1.00 bits per heavy atom. The van der Waals surface area contributed by atoms with Crippen LogP contribution in [0, 0.1) is 59.2 Å². The van der Waals surface area contributed by atoms with Crippen LogP contribution >= 0.6 is 0 Å². The van der Waals surface area contributed by atoms with Gasteiger partial charge in [0.25, 0.3) is 0 Å². The highest BCUT2D eigenvalue weighted by Gasteiger charge is 2.56. The lowest BCUT2D eigenvalue weighted by atomic mass is 9.61. The summed E-state index contributed by atoms with van der Waals surface area (Å²) in [6.07, 6.45) is 41.1. The van der Waals surface area contributed by atoms with Crippen molar-refractivity contribution in [1.82, 2.24) is 0 Å². The van der Waals surface area contributed by atoms with E-state index in [9.17, 15) is 14.4 Å². The molecule has 0 aromatic heterocycles. The molecule has 4 aliphatic carbocycles. The largest absolute Gasteiger partial charge is 0.463 e. The van der Waals surface area contributed by atoms with E-state index in [4.69, 9.17) is 14.2 Å². The Morgan fingerprint density at radius 3 is 1.58 bits per heavy atom. The van der Waals surface area contributed by atoms with Gasteiger partial charge >= 0.3 is 17.9 Å². The van der Waals surface area contributed by atoms with Crippen molar-refractivity contribution in [3.05, 3.63) is 24.3 Å². The lowest BCUT2D eigenvalue weighted by Crippen LogP contribution is -2.35. The average Bonchev–Trinajstić information content (AvgIpc) is 3.94. The Morgan fingerprint density at radius 1 is 0.508 bits per heavy atom. The fourth-order valence-electron chi connectivity index (χ4n) is 12.6. The zero-order valence-electron chi connectivity index (χ0n) is 38.7. The summed E-state index contributed by atoms with van der Waals surface area (Å²) in [7, 11) is 0. The monoisotopic (exact) mass is 823 g/mol. The van der Waals surface area contributed by atoms with Gasteiger partial charge in [-0.2, -0.15) is 0 Å². The normalized spacial score (nSPS) is 28.5. The first kappa shape index (κ1) is 49.5. The van der Waals surface area contributed by atoms with Gasteiger partial charge in [-0.15, -0.1) is 0 Å². The Kier molecular flexibility index (Phi) is 23.9. The first-order valence-electron chi connectivity index (χ1n) is 25.6. The van der Waals surface area contributed by atoms with Gasteiger partial charge in [-0.1, -0.05) is 156 Å². The Balaban J connectivity index is 1.10. The van der Waals surface area contributed by atoms with Crippen LogP contribution in [0.5, 0.6) is 0 Å². The quantitative estimate of drug-likeness (QED) is 0.0291. The summed E-state index contributed by atoms with van der Waals surface area (Å²) in [5.74, 6) is 5.95. The number of carbonyl (C=O) groups is 3. The fraction of sp³-hybridized carbons (Fsp3) is 0.868. The van der Waals surface area contributed by atoms with Crippen molar-refractivity contribution in [2.45, 2.75) is 214 Å². The molecule has 0 aromatic carbocycles. The summed E-state index contributed by atoms with van der Waals surface area (Å²) in [6.45, 7) is 13.7. The third kappa shape index (κ3) is 17.3. The second kappa shape index (κ2) is 28.5. The molecule has 8 unspecified atom stereocenters. The smallest absolute Gasteiger partial charge is 0.333 e. The molecule has 0 aliphatic heterocycles. The molecule has 0 radical (unpaired) electrons. The van der Waals surface area contributed by atoms with Crippen LogP contribution in [0.25, 0.3) is 0 Å². The summed E-state index contributed by atoms with van der Waals surface area (Å²) in [5.41, 5.74) is 0.454. The molecule has 0 spiro atoms. The lowest BCUT2D eigenvalue weighted by molar-refractivity contribution is -0.141. The van der Waals surface area contributed by atoms with E-state index in [1.165, 1.54) is 166 Å². The van der Waals surface area contributed by atoms with E-state index in [-0.39, 0.29) is 5.97 Å². The summed E-state index contributed by atoms with van der Waals surface area (Å²) in [6, 6.07) is 0. The molecule has 0 saturated heterocycles. The number of esters is 3. The maximum Gasteiger partial charge on any atom is 0.333 e. The zero-order valence-corrected chi connectivity index (χ0v) is 38.7. The fourth-order valence-corrected chi connectivity index (χ4v) is 12.6. The Hall–Kier alpha value is -2.11. The number of fused-ring (bicyclic) bond motifs is 5. The number of carbonyl (C=O) groups excluding carboxylic acids is 3. The molecule has 338 valence electrons. The molecule has 0 aromatic rings. The second-order valence-electron chi connectivity index (χ2n) is 20.1. The molecule has 2 bridgehead atoms. The SMILES string of the molecule is C=C(C)C(=O)OCC1CC2CC1[C@@H]1CC(COC(=O)/C=C/C(=O)OCCCCCCCC3C(CCCCCCCC)CCC(CCCCCC)C3CCCCCC)C[C@H]21. The predicted molar refractivity (Wildman–Crippen MR) is 243 cm³/mol. The lowest BCUT2D eigenvalue weighted by Gasteiger charge is -2.44. The topological polar surface area (TPSA) is 78.9 Å². The number of unbranched alkanes of at least 4 members (excludes halogenated alkanes) is 15. The van der Waals surface area contributed by atoms with Crippen molar-refractivity contribution < 1.29 is 28.6 Å². The number of hydrogen-bond acceptors (Lipinski definition) is 6. The maximum absolute atomic E-state index is 12.5. The highest BCUT2D eigenvalue weighted by molar-refractivity contribution is 5.91. The van der Waals surface area contributed by atoms with Crippen LogP contribution in [-0.4, -0.2) is 37.7 Å². The molecule has 10 atom stereocenters. The molecule has 59 heavy (non-hydrogen) atoms. The van der Waals surface area contributed by atoms with Crippen LogP contribution in [-0.2, 0) is 28.6 Å². The average molecular weight is 823 g/mol. The highest BCUT2D eigenvalue weighted by Crippen LogP contribution is 2.62. The van der Waals surface area contributed by atoms with Gasteiger partial charge in [0.15, 0.2) is 0 Å². The third-order valence-electron chi connectivity index (χ3n) is 15.6. The van der Waals surface area contributed by atoms with Gasteiger partial charge in [-0.25, -0.2) is 14.4 Å². The molecule has 4 rings (SSSR count). The van der Waals surface area contributed by atoms with Crippen molar-refractivity contribution in [3.63, 3.8) is 0 Å². The van der Waals surface area contributed by atoms with E-state index >= 15 is 0 Å². The van der Waals surface area contributed by atoms with E-state index in [2.05, 4.69) is 27.4 Å². The van der Waals surface area contributed by atoms with E-state index < -0.39 is 11.9 Å². The minimum absolute atomic E-state index is 0.290. The zero-order chi connectivity index (χ0) is 42.2. The minimum atomic E-state index is -0.468. The van der Waals surface area contributed by atoms with E-state index in [0.29, 0.717) is 60.9 Å². The molecular formula is C53H90O6. The molecule has 6 nitrogen and oxygen atoms in total. The van der Waals surface area contributed by atoms with Gasteiger partial charge in [-0.05, 0) is 124 Å². The van der Waals surface area contributed by atoms with Crippen molar-refractivity contribution in [2.24, 2.45) is 59.2 Å². The van der Waals surface area contributed by atoms with Crippen molar-refractivity contribution in [3.8, 4) is 0 Å². The Bertz CT molecular complexity index is 1240. The first-order chi connectivity index (χ1) is 28.7. The number of rotatable bonds is 32. The van der Waals surface area contributed by atoms with Crippen LogP contribution in [0.1, 0.15) is 214 Å². The van der Waals surface area contributed by atoms with Crippen LogP contribution in [0.3, 0.4) is 0 Å². The molecule has 0 N–H and O–H groups in total. The molecule has 4 fully saturated rings. The van der Waals surface area contributed by atoms with Crippen LogP contribution in [0.2, 0.25) is 0 Å². The van der Waals surface area contributed by atoms with E-state index in [1.807, 2.05) is 0 Å². The summed E-state index contributed by atoms with van der Waals surface area (Å²) >= 11 is 0. The van der Waals surface area contributed by atoms with Gasteiger partial charge in [-0.3, -0.25) is 0 Å². The van der Waals surface area contributed by atoms with Crippen molar-refractivity contribution >= 4 is 17.9 Å². The first-order valence-corrected chi connectivity index (χ1v) is 25.6. The minimum Gasteiger partial charge on any atom is -0.463 e. The molecule has 0 heterocycles. The number of hydrogen-bond donors (Lipinski definition) is 0. The van der Waals surface area contributed by atoms with Gasteiger partial charge in [0.05, 0.1) is 19.8 Å². The summed E-state index contributed by atoms with van der Waals surface area (Å²) in [5, 5.41) is 0. The second-order valence-corrected chi connectivity index (χ2v) is 20.1. The van der Waals surface area contributed by atoms with Gasteiger partial charge in [0.1, 0.15) is 0 Å². The van der Waals surface area contributed by atoms with Crippen molar-refractivity contribution in [2.75, 3.05) is 19.8 Å². The van der Waals surface area contributed by atoms with E-state index in [0.717, 1.165) is 55.8 Å². The predicted octanol–water partition coefficient (Wildman–Crippen LogP) is 14.3. The Labute approximate surface area is 362 Å². The summed E-state index contributed by atoms with van der Waals surface area (Å²) < 4.78 is 16.6. The molecule has 6 heteroatoms. The van der Waals surface area contributed by atoms with Crippen LogP contribution in [0.15, 0.2) is 24.3 Å². The molecule has 4 aliphatic rings. The van der Waals surface area contributed by atoms with Gasteiger partial charge in [0, 0.05) is 17.7 Å². The van der Waals surface area contributed by atoms with Crippen molar-refractivity contribution in [1.29, 1.82) is 0 Å². The van der Waals surface area contributed by atoms with Gasteiger partial charge < -0.3 is 14.2 Å². The van der Waals surface area contributed by atoms with Crippen LogP contribution < -0.4 is 0 Å². The standard InChI is InChI=1S/C53H90O6/c1-6-9-12-15-17-21-26-43-30-29-42(25-20-13-10-7-2)46(27-22-14-11-8-3)47(43)28-23-18-16-19-24-33-57-51(54)31-32-52(55)58-38-41-34-48-44-36-45(39-59-53(56)40(4)5)49(37-44)50(48)35-41/h31-32,41-50H,4,6-30,33-39H2,1-3,5H3/b32-31+/t41?,42?,43?,44?,45?,46?,47?,48-,49?,50-/m1/s1. The third-order valence-corrected chi connectivity index (χ3v) is 15.6. The maximum atomic E-state index is 12.5. The van der Waals surface area contributed by atoms with Gasteiger partial charge in [0.2, 0.25) is 0 Å². The highest BCUT2D eigenvalue weighted by atomic mass is 16.5. The summed E-state index contributed by atoms with van der Waals surface area (Å²) in [4.78, 5) is 36.8.